The number of unbranched alkanes of at least 4 members (excludes halogenated alkanes) is 1. The Kier molecular flexibility index (Phi) is 5.78. The van der Waals surface area contributed by atoms with Crippen LogP contribution < -0.4 is 21.9 Å². The number of nitrogens with one attached hydrogen (secondary N) is 1. The van der Waals surface area contributed by atoms with Crippen molar-refractivity contribution in [2.45, 2.75) is 26.3 Å². The lowest BCUT2D eigenvalue weighted by molar-refractivity contribution is 0.0985. The Morgan fingerprint density at radius 2 is 1.96 bits per heavy atom. The number of hydrogen-bond acceptors (Lipinski definition) is 5. The number of aromatic nitrogens is 2. The first-order valence-corrected chi connectivity index (χ1v) is 9.03. The molecule has 0 bridgehead atoms. The molecule has 0 saturated carbocycles. The van der Waals surface area contributed by atoms with Crippen LogP contribution in [0, 0.1) is 0 Å². The largest absolute Gasteiger partial charge is 0.472 e. The number of benzene rings is 1. The van der Waals surface area contributed by atoms with E-state index in [1.807, 2.05) is 37.3 Å². The number of nitrogens with zero attached hydrogens (tertiary/aromatic N) is 2. The Hall–Kier alpha value is -3.55. The van der Waals surface area contributed by atoms with Crippen molar-refractivity contribution >= 4 is 17.4 Å². The van der Waals surface area contributed by atoms with Crippen molar-refractivity contribution in [3.63, 3.8) is 0 Å². The Labute approximate surface area is 161 Å². The monoisotopic (exact) mass is 382 g/mol. The van der Waals surface area contributed by atoms with E-state index >= 15 is 0 Å². The second kappa shape index (κ2) is 8.43. The van der Waals surface area contributed by atoms with Crippen molar-refractivity contribution in [1.29, 1.82) is 0 Å². The molecule has 0 fully saturated rings. The fraction of sp³-hybridized carbons (Fsp3) is 0.250. The predicted octanol–water partition coefficient (Wildman–Crippen LogP) is 2.21. The molecule has 0 aliphatic carbocycles. The van der Waals surface area contributed by atoms with Crippen molar-refractivity contribution in [3.8, 4) is 0 Å². The summed E-state index contributed by atoms with van der Waals surface area (Å²) in [5.74, 6) is -0.463. The maximum absolute atomic E-state index is 12.9. The van der Waals surface area contributed by atoms with Gasteiger partial charge in [0, 0.05) is 6.54 Å². The van der Waals surface area contributed by atoms with Gasteiger partial charge in [-0.1, -0.05) is 43.7 Å². The van der Waals surface area contributed by atoms with Crippen LogP contribution in [0.25, 0.3) is 0 Å². The van der Waals surface area contributed by atoms with Crippen LogP contribution in [0.4, 0.5) is 11.5 Å². The van der Waals surface area contributed by atoms with Crippen LogP contribution in [-0.4, -0.2) is 22.0 Å². The van der Waals surface area contributed by atoms with Crippen LogP contribution in [-0.2, 0) is 6.54 Å². The minimum absolute atomic E-state index is 0.0322. The summed E-state index contributed by atoms with van der Waals surface area (Å²) in [7, 11) is 0. The van der Waals surface area contributed by atoms with Gasteiger partial charge in [-0.3, -0.25) is 19.1 Å². The summed E-state index contributed by atoms with van der Waals surface area (Å²) in [6.45, 7) is 2.44. The number of furan rings is 1. The van der Waals surface area contributed by atoms with Gasteiger partial charge in [0.2, 0.25) is 0 Å². The highest BCUT2D eigenvalue weighted by molar-refractivity contribution is 6.07. The molecule has 0 aliphatic rings. The number of aromatic amines is 1. The van der Waals surface area contributed by atoms with Gasteiger partial charge in [-0.2, -0.15) is 0 Å². The van der Waals surface area contributed by atoms with E-state index in [0.717, 1.165) is 12.0 Å². The van der Waals surface area contributed by atoms with E-state index < -0.39 is 17.2 Å². The highest BCUT2D eigenvalue weighted by Gasteiger charge is 2.25. The van der Waals surface area contributed by atoms with Crippen LogP contribution in [0.15, 0.2) is 62.9 Å². The van der Waals surface area contributed by atoms with Crippen molar-refractivity contribution in [3.05, 3.63) is 80.9 Å². The Balaban J connectivity index is 2.09. The zero-order chi connectivity index (χ0) is 20.1. The number of H-pyrrole nitrogens is 1. The number of nitrogen functional groups attached to an aromatic ring is 1. The average molecular weight is 382 g/mol. The van der Waals surface area contributed by atoms with Gasteiger partial charge in [0.15, 0.2) is 5.69 Å². The third-order valence-corrected chi connectivity index (χ3v) is 4.42. The first-order chi connectivity index (χ1) is 13.5. The van der Waals surface area contributed by atoms with Gasteiger partial charge in [0.25, 0.3) is 11.5 Å². The third kappa shape index (κ3) is 3.90. The van der Waals surface area contributed by atoms with Crippen molar-refractivity contribution < 1.29 is 9.21 Å². The molecule has 8 heteroatoms. The number of anilines is 2. The van der Waals surface area contributed by atoms with Gasteiger partial charge in [0.1, 0.15) is 12.1 Å². The number of nitrogens with two attached hydrogens (primary N) is 1. The second-order valence-electron chi connectivity index (χ2n) is 6.39. The molecule has 1 amide bonds. The van der Waals surface area contributed by atoms with E-state index in [2.05, 4.69) is 4.98 Å². The molecule has 0 saturated heterocycles. The molecule has 28 heavy (non-hydrogen) atoms. The number of hydrogen-bond donors (Lipinski definition) is 2. The molecule has 8 nitrogen and oxygen atoms in total. The molecule has 0 spiro atoms. The fourth-order valence-corrected chi connectivity index (χ4v) is 2.93. The topological polar surface area (TPSA) is 114 Å². The quantitative estimate of drug-likeness (QED) is 0.650. The zero-order valence-electron chi connectivity index (χ0n) is 15.6. The van der Waals surface area contributed by atoms with Crippen LogP contribution >= 0.6 is 0 Å². The molecule has 0 aliphatic heterocycles. The van der Waals surface area contributed by atoms with Crippen LogP contribution in [0.2, 0.25) is 0 Å². The summed E-state index contributed by atoms with van der Waals surface area (Å²) in [5, 5.41) is 0. The lowest BCUT2D eigenvalue weighted by Crippen LogP contribution is -2.41. The fourth-order valence-electron chi connectivity index (χ4n) is 2.93. The maximum atomic E-state index is 12.9. The van der Waals surface area contributed by atoms with Crippen molar-refractivity contribution in [1.82, 2.24) is 9.55 Å². The van der Waals surface area contributed by atoms with Crippen molar-refractivity contribution in [2.24, 2.45) is 0 Å². The molecular weight excluding hydrogens is 360 g/mol. The van der Waals surface area contributed by atoms with Crippen LogP contribution in [0.1, 0.15) is 35.7 Å². The molecule has 2 heterocycles. The molecule has 0 atom stereocenters. The summed E-state index contributed by atoms with van der Waals surface area (Å²) in [6, 6.07) is 10.8. The first-order valence-electron chi connectivity index (χ1n) is 9.03. The molecule has 146 valence electrons. The zero-order valence-corrected chi connectivity index (χ0v) is 15.6. The Morgan fingerprint density at radius 1 is 1.21 bits per heavy atom. The van der Waals surface area contributed by atoms with Gasteiger partial charge in [-0.15, -0.1) is 0 Å². The molecule has 3 N–H and O–H groups in total. The average Bonchev–Trinajstić information content (AvgIpc) is 3.22. The van der Waals surface area contributed by atoms with Gasteiger partial charge < -0.3 is 15.1 Å². The minimum atomic E-state index is -0.695. The predicted molar refractivity (Wildman–Crippen MR) is 107 cm³/mol. The highest BCUT2D eigenvalue weighted by atomic mass is 16.3. The molecule has 0 radical (unpaired) electrons. The molecule has 3 rings (SSSR count). The van der Waals surface area contributed by atoms with E-state index in [4.69, 9.17) is 10.2 Å². The van der Waals surface area contributed by atoms with Gasteiger partial charge in [-0.25, -0.2) is 4.79 Å². The summed E-state index contributed by atoms with van der Waals surface area (Å²) in [4.78, 5) is 41.5. The lowest BCUT2D eigenvalue weighted by atomic mass is 10.2. The normalized spacial score (nSPS) is 10.8. The van der Waals surface area contributed by atoms with Gasteiger partial charge >= 0.3 is 5.69 Å². The highest BCUT2D eigenvalue weighted by Crippen LogP contribution is 2.21. The van der Waals surface area contributed by atoms with E-state index in [0.29, 0.717) is 12.0 Å². The molecule has 3 aromatic rings. The Morgan fingerprint density at radius 3 is 2.61 bits per heavy atom. The van der Waals surface area contributed by atoms with Crippen LogP contribution in [0.5, 0.6) is 0 Å². The second-order valence-corrected chi connectivity index (χ2v) is 6.39. The van der Waals surface area contributed by atoms with Gasteiger partial charge in [0.05, 0.1) is 18.4 Å². The van der Waals surface area contributed by atoms with E-state index in [9.17, 15) is 14.4 Å². The standard InChI is InChI=1S/C20H22N4O4/c1-2-3-10-23(19(26)15-9-11-28-13-15)16-17(21)24(20(27)22-18(16)25)12-14-7-5-4-6-8-14/h4-9,11,13H,2-3,10,12,21H2,1H3,(H,22,25,27). The number of carbonyl (C=O) groups is 1. The first kappa shape index (κ1) is 19.2. The maximum Gasteiger partial charge on any atom is 0.330 e. The molecule has 0 unspecified atom stereocenters. The number of amides is 1. The van der Waals surface area contributed by atoms with Crippen molar-refractivity contribution in [2.75, 3.05) is 17.2 Å². The third-order valence-electron chi connectivity index (χ3n) is 4.42. The SMILES string of the molecule is CCCCN(C(=O)c1ccoc1)c1c(N)n(Cc2ccccc2)c(=O)[nH]c1=O. The Bertz CT molecular complexity index is 1050. The summed E-state index contributed by atoms with van der Waals surface area (Å²) in [6.07, 6.45) is 4.18. The number of carbonyl (C=O) groups excluding carboxylic acids is 1. The number of rotatable bonds is 7. The van der Waals surface area contributed by atoms with E-state index in [1.54, 1.807) is 0 Å². The molecule has 2 aromatic heterocycles. The molecule has 1 aromatic carbocycles. The van der Waals surface area contributed by atoms with E-state index in [-0.39, 0.29) is 24.6 Å². The molecular formula is C20H22N4O4. The van der Waals surface area contributed by atoms with Crippen LogP contribution in [0.3, 0.4) is 0 Å². The van der Waals surface area contributed by atoms with E-state index in [1.165, 1.54) is 28.1 Å². The smallest absolute Gasteiger partial charge is 0.330 e. The minimum Gasteiger partial charge on any atom is -0.472 e. The summed E-state index contributed by atoms with van der Waals surface area (Å²) >= 11 is 0. The van der Waals surface area contributed by atoms with Gasteiger partial charge in [-0.05, 0) is 18.1 Å². The summed E-state index contributed by atoms with van der Waals surface area (Å²) < 4.78 is 6.25. The lowest BCUT2D eigenvalue weighted by Gasteiger charge is -2.24. The summed E-state index contributed by atoms with van der Waals surface area (Å²) in [5.41, 5.74) is 6.02.